The lowest BCUT2D eigenvalue weighted by atomic mass is 9.98. The van der Waals surface area contributed by atoms with Crippen molar-refractivity contribution in [3.8, 4) is 0 Å². The highest BCUT2D eigenvalue weighted by atomic mass is 16.5. The van der Waals surface area contributed by atoms with E-state index in [9.17, 15) is 14.4 Å². The van der Waals surface area contributed by atoms with Crippen molar-refractivity contribution in [1.29, 1.82) is 0 Å². The van der Waals surface area contributed by atoms with Crippen LogP contribution < -0.4 is 10.6 Å². The van der Waals surface area contributed by atoms with Gasteiger partial charge in [0.05, 0.1) is 16.8 Å². The maximum atomic E-state index is 12.6. The second-order valence-electron chi connectivity index (χ2n) is 6.54. The summed E-state index contributed by atoms with van der Waals surface area (Å²) < 4.78 is 5.27. The molecule has 6 heteroatoms. The first-order valence-corrected chi connectivity index (χ1v) is 8.61. The lowest BCUT2D eigenvalue weighted by molar-refractivity contribution is -0.125. The Hall–Kier alpha value is -3.15. The van der Waals surface area contributed by atoms with Gasteiger partial charge in [-0.25, -0.2) is 4.79 Å². The van der Waals surface area contributed by atoms with E-state index < -0.39 is 18.0 Å². The Balaban J connectivity index is 1.50. The van der Waals surface area contributed by atoms with Gasteiger partial charge in [-0.3, -0.25) is 9.59 Å². The minimum atomic E-state index is -0.919. The number of para-hydroxylation sites is 1. The number of ether oxygens (including phenoxy) is 1. The van der Waals surface area contributed by atoms with E-state index in [1.165, 1.54) is 0 Å². The Morgan fingerprint density at radius 1 is 1.00 bits per heavy atom. The zero-order valence-electron chi connectivity index (χ0n) is 14.0. The van der Waals surface area contributed by atoms with Gasteiger partial charge in [0.1, 0.15) is 0 Å². The molecule has 1 aliphatic carbocycles. The van der Waals surface area contributed by atoms with Crippen LogP contribution in [0.25, 0.3) is 0 Å². The molecule has 2 amide bonds. The third kappa shape index (κ3) is 3.31. The molecule has 1 saturated carbocycles. The average Bonchev–Trinajstić information content (AvgIpc) is 3.46. The lowest BCUT2D eigenvalue weighted by Gasteiger charge is -2.24. The number of benzene rings is 2. The van der Waals surface area contributed by atoms with Crippen LogP contribution in [-0.4, -0.2) is 29.9 Å². The topological polar surface area (TPSA) is 84.5 Å². The van der Waals surface area contributed by atoms with Gasteiger partial charge in [0.2, 0.25) is 0 Å². The first-order valence-electron chi connectivity index (χ1n) is 8.61. The molecule has 6 nitrogen and oxygen atoms in total. The van der Waals surface area contributed by atoms with Gasteiger partial charge >= 0.3 is 5.97 Å². The van der Waals surface area contributed by atoms with E-state index in [1.54, 1.807) is 36.4 Å². The van der Waals surface area contributed by atoms with Crippen LogP contribution in [0.1, 0.15) is 39.1 Å². The molecular weight excluding hydrogens is 332 g/mol. The largest absolute Gasteiger partial charge is 0.448 e. The van der Waals surface area contributed by atoms with Crippen LogP contribution in [0.2, 0.25) is 0 Å². The molecule has 132 valence electrons. The first-order chi connectivity index (χ1) is 12.6. The normalized spacial score (nSPS) is 18.5. The molecule has 2 aromatic rings. The summed E-state index contributed by atoms with van der Waals surface area (Å²) >= 11 is 0. The first kappa shape index (κ1) is 16.3. The highest BCUT2D eigenvalue weighted by Gasteiger charge is 2.32. The summed E-state index contributed by atoms with van der Waals surface area (Å²) in [4.78, 5) is 37.0. The molecule has 1 heterocycles. The van der Waals surface area contributed by atoms with Crippen molar-refractivity contribution < 1.29 is 19.1 Å². The zero-order valence-corrected chi connectivity index (χ0v) is 14.0. The molecule has 0 radical (unpaired) electrons. The number of esters is 1. The van der Waals surface area contributed by atoms with E-state index in [-0.39, 0.29) is 11.9 Å². The van der Waals surface area contributed by atoms with Crippen molar-refractivity contribution >= 4 is 23.5 Å². The van der Waals surface area contributed by atoms with Crippen LogP contribution in [-0.2, 0) is 16.0 Å². The van der Waals surface area contributed by atoms with Gasteiger partial charge in [0, 0.05) is 12.5 Å². The molecule has 26 heavy (non-hydrogen) atoms. The highest BCUT2D eigenvalue weighted by molar-refractivity contribution is 6.06. The summed E-state index contributed by atoms with van der Waals surface area (Å²) in [6.45, 7) is 0. The van der Waals surface area contributed by atoms with Crippen molar-refractivity contribution in [3.05, 3.63) is 65.2 Å². The number of anilines is 1. The standard InChI is InChI=1S/C20H18N2O4/c23-18(21-13-9-10-13)15-7-3-4-8-16(15)22-19(24)17-11-12-5-1-2-6-14(12)20(25)26-17/h1-8,13,17H,9-11H2,(H,21,23)(H,22,24)/t17-/m0/s1. The van der Waals surface area contributed by atoms with Crippen molar-refractivity contribution in [2.24, 2.45) is 0 Å². The monoisotopic (exact) mass is 350 g/mol. The Morgan fingerprint density at radius 3 is 2.54 bits per heavy atom. The molecule has 1 aliphatic heterocycles. The van der Waals surface area contributed by atoms with Crippen LogP contribution in [0, 0.1) is 0 Å². The van der Waals surface area contributed by atoms with E-state index >= 15 is 0 Å². The van der Waals surface area contributed by atoms with E-state index in [0.717, 1.165) is 18.4 Å². The number of hydrogen-bond donors (Lipinski definition) is 2. The lowest BCUT2D eigenvalue weighted by Crippen LogP contribution is -2.38. The molecule has 1 atom stereocenters. The molecule has 2 aromatic carbocycles. The Bertz CT molecular complexity index is 889. The third-order valence-corrected chi connectivity index (χ3v) is 4.53. The average molecular weight is 350 g/mol. The minimum Gasteiger partial charge on any atom is -0.448 e. The molecule has 1 fully saturated rings. The minimum absolute atomic E-state index is 0.214. The fraction of sp³-hybridized carbons (Fsp3) is 0.250. The van der Waals surface area contributed by atoms with Crippen LogP contribution in [0.4, 0.5) is 5.69 Å². The van der Waals surface area contributed by atoms with Crippen LogP contribution in [0.15, 0.2) is 48.5 Å². The molecule has 2 aliphatic rings. The SMILES string of the molecule is O=C1O[C@H](C(=O)Nc2ccccc2C(=O)NC2CC2)Cc2ccccc21. The van der Waals surface area contributed by atoms with Crippen molar-refractivity contribution in [2.45, 2.75) is 31.4 Å². The summed E-state index contributed by atoms with van der Waals surface area (Å²) in [5.74, 6) is -1.17. The van der Waals surface area contributed by atoms with Crippen molar-refractivity contribution in [1.82, 2.24) is 5.32 Å². The Labute approximate surface area is 150 Å². The van der Waals surface area contributed by atoms with E-state index in [0.29, 0.717) is 23.2 Å². The van der Waals surface area contributed by atoms with E-state index in [1.807, 2.05) is 12.1 Å². The second-order valence-corrected chi connectivity index (χ2v) is 6.54. The Morgan fingerprint density at radius 2 is 1.73 bits per heavy atom. The number of fused-ring (bicyclic) bond motifs is 1. The van der Waals surface area contributed by atoms with Gasteiger partial charge in [-0.15, -0.1) is 0 Å². The predicted molar refractivity (Wildman–Crippen MR) is 94.9 cm³/mol. The van der Waals surface area contributed by atoms with Gasteiger partial charge in [-0.05, 0) is 36.6 Å². The quantitative estimate of drug-likeness (QED) is 0.829. The molecule has 4 rings (SSSR count). The Kier molecular flexibility index (Phi) is 4.16. The summed E-state index contributed by atoms with van der Waals surface area (Å²) in [5, 5.41) is 5.64. The number of carbonyl (C=O) groups is 3. The zero-order chi connectivity index (χ0) is 18.1. The maximum absolute atomic E-state index is 12.6. The van der Waals surface area contributed by atoms with Gasteiger partial charge in [0.15, 0.2) is 6.10 Å². The number of nitrogens with one attached hydrogen (secondary N) is 2. The molecule has 0 unspecified atom stereocenters. The van der Waals surface area contributed by atoms with Gasteiger partial charge in [-0.1, -0.05) is 30.3 Å². The maximum Gasteiger partial charge on any atom is 0.339 e. The van der Waals surface area contributed by atoms with Crippen LogP contribution in [0.5, 0.6) is 0 Å². The molecular formula is C20H18N2O4. The second kappa shape index (κ2) is 6.63. The van der Waals surface area contributed by atoms with Crippen LogP contribution in [0.3, 0.4) is 0 Å². The highest BCUT2D eigenvalue weighted by Crippen LogP contribution is 2.24. The van der Waals surface area contributed by atoms with Crippen LogP contribution >= 0.6 is 0 Å². The van der Waals surface area contributed by atoms with E-state index in [4.69, 9.17) is 4.74 Å². The fourth-order valence-corrected chi connectivity index (χ4v) is 2.97. The number of hydrogen-bond acceptors (Lipinski definition) is 4. The summed E-state index contributed by atoms with van der Waals surface area (Å²) in [5.41, 5.74) is 2.07. The third-order valence-electron chi connectivity index (χ3n) is 4.53. The number of rotatable bonds is 4. The van der Waals surface area contributed by atoms with Gasteiger partial charge in [-0.2, -0.15) is 0 Å². The fourth-order valence-electron chi connectivity index (χ4n) is 2.97. The smallest absolute Gasteiger partial charge is 0.339 e. The number of carbonyl (C=O) groups excluding carboxylic acids is 3. The molecule has 0 bridgehead atoms. The van der Waals surface area contributed by atoms with Crippen molar-refractivity contribution in [3.63, 3.8) is 0 Å². The molecule has 2 N–H and O–H groups in total. The molecule has 0 aromatic heterocycles. The summed E-state index contributed by atoms with van der Waals surface area (Å²) in [6.07, 6.45) is 1.36. The van der Waals surface area contributed by atoms with Crippen molar-refractivity contribution in [2.75, 3.05) is 5.32 Å². The number of cyclic esters (lactones) is 1. The summed E-state index contributed by atoms with van der Waals surface area (Å²) in [7, 11) is 0. The van der Waals surface area contributed by atoms with E-state index in [2.05, 4.69) is 10.6 Å². The molecule has 0 saturated heterocycles. The van der Waals surface area contributed by atoms with Gasteiger partial charge < -0.3 is 15.4 Å². The number of amides is 2. The summed E-state index contributed by atoms with van der Waals surface area (Å²) in [6, 6.07) is 14.1. The van der Waals surface area contributed by atoms with Gasteiger partial charge in [0.25, 0.3) is 11.8 Å². The molecule has 0 spiro atoms. The predicted octanol–water partition coefficient (Wildman–Crippen LogP) is 2.30.